The summed E-state index contributed by atoms with van der Waals surface area (Å²) in [5, 5.41) is 0. The molecular weight excluding hydrogens is 494 g/mol. The first kappa shape index (κ1) is 29.1. The molecule has 0 saturated carbocycles. The van der Waals surface area contributed by atoms with E-state index in [0.29, 0.717) is 12.8 Å². The summed E-state index contributed by atoms with van der Waals surface area (Å²) in [6.07, 6.45) is -0.754. The molecule has 0 radical (unpaired) electrons. The van der Waals surface area contributed by atoms with Gasteiger partial charge in [0, 0.05) is 25.1 Å². The number of aromatic nitrogens is 1. The first-order chi connectivity index (χ1) is 16.0. The van der Waals surface area contributed by atoms with Crippen LogP contribution < -0.4 is 11.3 Å². The monoisotopic (exact) mass is 528 g/mol. The lowest BCUT2D eigenvalue weighted by Crippen LogP contribution is -2.38. The van der Waals surface area contributed by atoms with Gasteiger partial charge in [-0.3, -0.25) is 27.5 Å². The molecule has 13 nitrogen and oxygen atoms in total. The van der Waals surface area contributed by atoms with Gasteiger partial charge >= 0.3 is 15.6 Å². The third kappa shape index (κ3) is 8.53. The van der Waals surface area contributed by atoms with E-state index in [2.05, 4.69) is 0 Å². The lowest BCUT2D eigenvalue weighted by atomic mass is 10.1. The lowest BCUT2D eigenvalue weighted by molar-refractivity contribution is -0.0619. The number of nitrogen functional groups attached to an aromatic ring is 1. The normalized spacial score (nSPS) is 26.3. The summed E-state index contributed by atoms with van der Waals surface area (Å²) in [5.74, 6) is 0. The number of hydrogen-bond acceptors (Lipinski definition) is 10. The van der Waals surface area contributed by atoms with Crippen LogP contribution in [0, 0.1) is 0 Å². The topological polar surface area (TPSA) is 178 Å². The fraction of sp³-hybridized carbons (Fsp3) is 0.737. The highest BCUT2D eigenvalue weighted by molar-refractivity contribution is 7.47. The molecule has 15 heteroatoms. The van der Waals surface area contributed by atoms with Crippen molar-refractivity contribution < 1.29 is 46.5 Å². The molecule has 2 unspecified atom stereocenters. The second kappa shape index (κ2) is 13.3. The molecule has 0 bridgehead atoms. The Bertz CT molecular complexity index is 928. The Morgan fingerprint density at radius 3 is 2.24 bits per heavy atom. The van der Waals surface area contributed by atoms with Gasteiger partial charge in [0.2, 0.25) is 0 Å². The molecule has 196 valence electrons. The molecule has 34 heavy (non-hydrogen) atoms. The molecule has 1 aliphatic rings. The first-order valence-corrected chi connectivity index (χ1v) is 14.0. The van der Waals surface area contributed by atoms with Gasteiger partial charge in [0.05, 0.1) is 19.8 Å². The van der Waals surface area contributed by atoms with E-state index in [1.807, 2.05) is 13.8 Å². The Balaban J connectivity index is 2.26. The molecule has 2 heterocycles. The van der Waals surface area contributed by atoms with Gasteiger partial charge in [-0.1, -0.05) is 26.7 Å². The number of phosphoric ester groups is 2. The van der Waals surface area contributed by atoms with Crippen molar-refractivity contribution in [2.45, 2.75) is 64.1 Å². The van der Waals surface area contributed by atoms with Gasteiger partial charge in [0.15, 0.2) is 6.23 Å². The van der Waals surface area contributed by atoms with Crippen molar-refractivity contribution in [2.24, 2.45) is 0 Å². The highest BCUT2D eigenvalue weighted by Gasteiger charge is 2.50. The fourth-order valence-electron chi connectivity index (χ4n) is 3.20. The van der Waals surface area contributed by atoms with Crippen LogP contribution >= 0.6 is 15.6 Å². The summed E-state index contributed by atoms with van der Waals surface area (Å²) in [4.78, 5) is 32.6. The Hall–Kier alpha value is -1.11. The van der Waals surface area contributed by atoms with Crippen molar-refractivity contribution in [3.05, 3.63) is 28.7 Å². The van der Waals surface area contributed by atoms with E-state index >= 15 is 0 Å². The molecule has 1 aromatic rings. The second-order valence-electron chi connectivity index (χ2n) is 7.65. The van der Waals surface area contributed by atoms with Crippen LogP contribution in [0.25, 0.3) is 0 Å². The maximum atomic E-state index is 12.5. The summed E-state index contributed by atoms with van der Waals surface area (Å²) in [6, 6.07) is 2.63. The molecule has 1 fully saturated rings. The van der Waals surface area contributed by atoms with Gasteiger partial charge in [-0.2, -0.15) is 0 Å². The number of anilines is 1. The lowest BCUT2D eigenvalue weighted by Gasteiger charge is -2.25. The van der Waals surface area contributed by atoms with Crippen LogP contribution in [-0.4, -0.2) is 59.6 Å². The van der Waals surface area contributed by atoms with Crippen molar-refractivity contribution >= 4 is 21.3 Å². The quantitative estimate of drug-likeness (QED) is 0.224. The summed E-state index contributed by atoms with van der Waals surface area (Å²) in [7, 11) is -7.70. The summed E-state index contributed by atoms with van der Waals surface area (Å²) in [6.45, 7) is 3.21. The highest BCUT2D eigenvalue weighted by Crippen LogP contribution is 2.50. The van der Waals surface area contributed by atoms with Gasteiger partial charge in [-0.05, 0) is 18.9 Å². The molecule has 6 atom stereocenters. The predicted molar refractivity (Wildman–Crippen MR) is 122 cm³/mol. The van der Waals surface area contributed by atoms with E-state index in [9.17, 15) is 23.7 Å². The van der Waals surface area contributed by atoms with Crippen molar-refractivity contribution in [3.8, 4) is 0 Å². The van der Waals surface area contributed by atoms with E-state index in [1.54, 1.807) is 0 Å². The number of nitrogens with zero attached hydrogens (tertiary/aromatic N) is 1. The number of ether oxygens (including phenoxy) is 2. The Morgan fingerprint density at radius 1 is 1.06 bits per heavy atom. The molecule has 0 spiro atoms. The predicted octanol–water partition coefficient (Wildman–Crippen LogP) is 2.58. The zero-order chi connectivity index (χ0) is 25.4. The van der Waals surface area contributed by atoms with Gasteiger partial charge < -0.3 is 25.0 Å². The maximum Gasteiger partial charge on any atom is 0.472 e. The first-order valence-electron chi connectivity index (χ1n) is 11.0. The number of hydrogen-bond donors (Lipinski definition) is 3. The van der Waals surface area contributed by atoms with Crippen LogP contribution in [0.2, 0.25) is 0 Å². The third-order valence-corrected chi connectivity index (χ3v) is 6.97. The van der Waals surface area contributed by atoms with E-state index in [4.69, 9.17) is 33.3 Å². The molecule has 0 aliphatic carbocycles. The van der Waals surface area contributed by atoms with E-state index in [-0.39, 0.29) is 18.9 Å². The van der Waals surface area contributed by atoms with Gasteiger partial charge in [0.25, 0.3) is 5.56 Å². The number of methoxy groups -OCH3 is 1. The number of rotatable bonds is 15. The average Bonchev–Trinajstić information content (AvgIpc) is 3.08. The maximum absolute atomic E-state index is 12.5. The SMILES string of the molecule is CCCCOP(=O)(O)OC[C@H]1O[C@@H](n2ccc(N)cc2=O)[C@H](OC)[C@@H]1OP(=O)(O)OCCCC. The van der Waals surface area contributed by atoms with Crippen molar-refractivity contribution in [1.29, 1.82) is 0 Å². The average molecular weight is 528 g/mol. The standard InChI is InChI=1S/C19H34N2O11P2/c1-4-6-10-28-33(23,24)30-13-15-17(32-34(25,26)29-11-7-5-2)18(27-3)19(31-15)21-9-8-14(20)12-16(21)22/h8-9,12,15,17-19H,4-7,10-11,13,20H2,1-3H3,(H,23,24)(H,25,26)/t15-,17-,18-,19-/m1/s1. The zero-order valence-corrected chi connectivity index (χ0v) is 21.3. The minimum Gasteiger partial charge on any atom is -0.399 e. The molecule has 4 N–H and O–H groups in total. The van der Waals surface area contributed by atoms with Gasteiger partial charge in [0.1, 0.15) is 18.3 Å². The van der Waals surface area contributed by atoms with E-state index < -0.39 is 52.4 Å². The molecule has 1 aliphatic heterocycles. The van der Waals surface area contributed by atoms with E-state index in [1.165, 1.54) is 25.4 Å². The summed E-state index contributed by atoms with van der Waals surface area (Å²) >= 11 is 0. The zero-order valence-electron chi connectivity index (χ0n) is 19.5. The minimum absolute atomic E-state index is 0.0109. The minimum atomic E-state index is -4.57. The van der Waals surface area contributed by atoms with Crippen LogP contribution in [0.4, 0.5) is 5.69 Å². The molecule has 2 rings (SSSR count). The Kier molecular flexibility index (Phi) is 11.4. The number of nitrogens with two attached hydrogens (primary N) is 1. The molecule has 1 aromatic heterocycles. The van der Waals surface area contributed by atoms with Crippen molar-refractivity contribution in [1.82, 2.24) is 4.57 Å². The third-order valence-electron chi connectivity index (χ3n) is 4.97. The number of pyridine rings is 1. The summed E-state index contributed by atoms with van der Waals surface area (Å²) < 4.78 is 57.4. The molecule has 0 aromatic carbocycles. The van der Waals surface area contributed by atoms with Gasteiger partial charge in [-0.25, -0.2) is 9.13 Å². The van der Waals surface area contributed by atoms with Crippen molar-refractivity contribution in [2.75, 3.05) is 32.7 Å². The Labute approximate surface area is 198 Å². The summed E-state index contributed by atoms with van der Waals surface area (Å²) in [5.41, 5.74) is 5.36. The van der Waals surface area contributed by atoms with Crippen LogP contribution in [0.5, 0.6) is 0 Å². The largest absolute Gasteiger partial charge is 0.472 e. The molecule has 0 amide bonds. The highest BCUT2D eigenvalue weighted by atomic mass is 31.2. The van der Waals surface area contributed by atoms with Crippen LogP contribution in [0.1, 0.15) is 45.8 Å². The van der Waals surface area contributed by atoms with Crippen LogP contribution in [0.15, 0.2) is 23.1 Å². The van der Waals surface area contributed by atoms with Gasteiger partial charge in [-0.15, -0.1) is 0 Å². The van der Waals surface area contributed by atoms with Crippen LogP contribution in [0.3, 0.4) is 0 Å². The Morgan fingerprint density at radius 2 is 1.68 bits per heavy atom. The molecule has 1 saturated heterocycles. The number of phosphoric acid groups is 2. The number of unbranched alkanes of at least 4 members (excludes halogenated alkanes) is 2. The smallest absolute Gasteiger partial charge is 0.399 e. The van der Waals surface area contributed by atoms with E-state index in [0.717, 1.165) is 17.4 Å². The second-order valence-corrected chi connectivity index (χ2v) is 10.5. The van der Waals surface area contributed by atoms with Crippen molar-refractivity contribution in [3.63, 3.8) is 0 Å². The molecular formula is C19H34N2O11P2. The van der Waals surface area contributed by atoms with Crippen LogP contribution in [-0.2, 0) is 36.7 Å². The fourth-order valence-corrected chi connectivity index (χ4v) is 4.95.